The fraction of sp³-hybridized carbons (Fsp3) is 0.667. The third-order valence-corrected chi connectivity index (χ3v) is 3.08. The van der Waals surface area contributed by atoms with Crippen LogP contribution in [0, 0.1) is 12.8 Å². The number of nitrogens with two attached hydrogens (primary N) is 1. The molecule has 0 bridgehead atoms. The molecule has 0 saturated carbocycles. The molecule has 0 aliphatic carbocycles. The minimum atomic E-state index is 0.0317. The third kappa shape index (κ3) is 3.73. The van der Waals surface area contributed by atoms with Gasteiger partial charge in [-0.15, -0.1) is 0 Å². The van der Waals surface area contributed by atoms with Crippen molar-refractivity contribution in [2.45, 2.75) is 27.3 Å². The second-order valence-corrected chi connectivity index (χ2v) is 4.65. The highest BCUT2D eigenvalue weighted by molar-refractivity contribution is 5.82. The molecule has 1 atom stereocenters. The molecule has 0 fully saturated rings. The Hall–Kier alpha value is -1.56. The van der Waals surface area contributed by atoms with E-state index in [-0.39, 0.29) is 11.8 Å². The molecule has 6 nitrogen and oxygen atoms in total. The lowest BCUT2D eigenvalue weighted by molar-refractivity contribution is 0.252. The van der Waals surface area contributed by atoms with Gasteiger partial charge >= 0.3 is 0 Å². The molecule has 0 amide bonds. The molecular formula is C12H23N5O. The number of aromatic nitrogens is 2. The molecule has 0 aromatic carbocycles. The summed E-state index contributed by atoms with van der Waals surface area (Å²) in [5.74, 6) is 0.305. The summed E-state index contributed by atoms with van der Waals surface area (Å²) < 4.78 is 1.89. The Morgan fingerprint density at radius 1 is 1.67 bits per heavy atom. The van der Waals surface area contributed by atoms with E-state index in [1.54, 1.807) is 0 Å². The fourth-order valence-corrected chi connectivity index (χ4v) is 1.93. The zero-order valence-electron chi connectivity index (χ0n) is 11.6. The van der Waals surface area contributed by atoms with Gasteiger partial charge in [-0.25, -0.2) is 0 Å². The first-order valence-electron chi connectivity index (χ1n) is 6.17. The van der Waals surface area contributed by atoms with Gasteiger partial charge in [0.1, 0.15) is 5.84 Å². The number of rotatable bonds is 6. The van der Waals surface area contributed by atoms with Crippen molar-refractivity contribution in [2.24, 2.45) is 23.9 Å². The molecule has 0 radical (unpaired) electrons. The standard InChI is InChI=1S/C12H23N5O/c1-5-17(7-9(2)12(13)15-18)8-11-6-10(3)14-16(11)4/h6,9,18H,5,7-8H2,1-4H3,(H2,13,15). The Labute approximate surface area is 108 Å². The summed E-state index contributed by atoms with van der Waals surface area (Å²) in [7, 11) is 1.95. The van der Waals surface area contributed by atoms with Gasteiger partial charge < -0.3 is 10.9 Å². The second kappa shape index (κ2) is 6.39. The summed E-state index contributed by atoms with van der Waals surface area (Å²) in [5.41, 5.74) is 7.79. The highest BCUT2D eigenvalue weighted by Crippen LogP contribution is 2.08. The molecule has 0 aliphatic heterocycles. The molecule has 102 valence electrons. The minimum absolute atomic E-state index is 0.0317. The van der Waals surface area contributed by atoms with Crippen LogP contribution in [0.25, 0.3) is 0 Å². The Balaban J connectivity index is 2.65. The zero-order chi connectivity index (χ0) is 13.7. The van der Waals surface area contributed by atoms with Gasteiger partial charge in [-0.3, -0.25) is 9.58 Å². The average molecular weight is 253 g/mol. The molecule has 0 spiro atoms. The number of hydrogen-bond acceptors (Lipinski definition) is 4. The lowest BCUT2D eigenvalue weighted by atomic mass is 10.1. The molecular weight excluding hydrogens is 230 g/mol. The van der Waals surface area contributed by atoms with E-state index in [9.17, 15) is 0 Å². The van der Waals surface area contributed by atoms with Crippen LogP contribution < -0.4 is 5.73 Å². The van der Waals surface area contributed by atoms with Crippen molar-refractivity contribution in [3.05, 3.63) is 17.5 Å². The monoisotopic (exact) mass is 253 g/mol. The van der Waals surface area contributed by atoms with Crippen LogP contribution in [0.2, 0.25) is 0 Å². The molecule has 0 saturated heterocycles. The van der Waals surface area contributed by atoms with Crippen molar-refractivity contribution in [3.63, 3.8) is 0 Å². The van der Waals surface area contributed by atoms with E-state index in [0.717, 1.165) is 25.3 Å². The molecule has 18 heavy (non-hydrogen) atoms. The van der Waals surface area contributed by atoms with Crippen LogP contribution >= 0.6 is 0 Å². The van der Waals surface area contributed by atoms with Gasteiger partial charge in [0.15, 0.2) is 0 Å². The summed E-state index contributed by atoms with van der Waals surface area (Å²) in [6.45, 7) is 8.52. The number of amidine groups is 1. The first kappa shape index (κ1) is 14.5. The van der Waals surface area contributed by atoms with E-state index in [0.29, 0.717) is 0 Å². The Morgan fingerprint density at radius 3 is 2.78 bits per heavy atom. The van der Waals surface area contributed by atoms with E-state index in [4.69, 9.17) is 10.9 Å². The van der Waals surface area contributed by atoms with Crippen LogP contribution in [-0.4, -0.2) is 38.8 Å². The van der Waals surface area contributed by atoms with E-state index in [1.807, 2.05) is 25.6 Å². The molecule has 1 aromatic heterocycles. The van der Waals surface area contributed by atoms with Gasteiger partial charge in [-0.05, 0) is 19.5 Å². The minimum Gasteiger partial charge on any atom is -0.409 e. The Bertz CT molecular complexity index is 413. The smallest absolute Gasteiger partial charge is 0.143 e. The first-order valence-corrected chi connectivity index (χ1v) is 6.17. The Kier molecular flexibility index (Phi) is 5.15. The van der Waals surface area contributed by atoms with Crippen LogP contribution in [0.3, 0.4) is 0 Å². The van der Waals surface area contributed by atoms with Crippen LogP contribution in [0.4, 0.5) is 0 Å². The Morgan fingerprint density at radius 2 is 2.33 bits per heavy atom. The highest BCUT2D eigenvalue weighted by Gasteiger charge is 2.14. The molecule has 3 N–H and O–H groups in total. The summed E-state index contributed by atoms with van der Waals surface area (Å²) in [4.78, 5) is 2.25. The fourth-order valence-electron chi connectivity index (χ4n) is 1.93. The maximum absolute atomic E-state index is 8.66. The van der Waals surface area contributed by atoms with Crippen LogP contribution in [0.1, 0.15) is 25.2 Å². The summed E-state index contributed by atoms with van der Waals surface area (Å²) in [6.07, 6.45) is 0. The van der Waals surface area contributed by atoms with Crippen LogP contribution in [-0.2, 0) is 13.6 Å². The van der Waals surface area contributed by atoms with Crippen molar-refractivity contribution in [1.29, 1.82) is 0 Å². The van der Waals surface area contributed by atoms with Crippen molar-refractivity contribution in [2.75, 3.05) is 13.1 Å². The van der Waals surface area contributed by atoms with Gasteiger partial charge in [0.05, 0.1) is 11.4 Å². The number of oxime groups is 1. The van der Waals surface area contributed by atoms with Crippen molar-refractivity contribution in [3.8, 4) is 0 Å². The predicted molar refractivity (Wildman–Crippen MR) is 71.5 cm³/mol. The van der Waals surface area contributed by atoms with Gasteiger partial charge in [0.25, 0.3) is 0 Å². The molecule has 1 heterocycles. The van der Waals surface area contributed by atoms with E-state index in [1.165, 1.54) is 5.69 Å². The predicted octanol–water partition coefficient (Wildman–Crippen LogP) is 0.933. The molecule has 1 rings (SSSR count). The summed E-state index contributed by atoms with van der Waals surface area (Å²) >= 11 is 0. The van der Waals surface area contributed by atoms with E-state index < -0.39 is 0 Å². The van der Waals surface area contributed by atoms with Crippen molar-refractivity contribution < 1.29 is 5.21 Å². The maximum atomic E-state index is 8.66. The van der Waals surface area contributed by atoms with Crippen LogP contribution in [0.15, 0.2) is 11.2 Å². The largest absolute Gasteiger partial charge is 0.409 e. The lowest BCUT2D eigenvalue weighted by Crippen LogP contribution is -2.35. The SMILES string of the molecule is CCN(Cc1cc(C)nn1C)CC(C)C(N)=NO. The number of aryl methyl sites for hydroxylation is 2. The van der Waals surface area contributed by atoms with Crippen LogP contribution in [0.5, 0.6) is 0 Å². The average Bonchev–Trinajstić information content (AvgIpc) is 2.65. The molecule has 1 unspecified atom stereocenters. The van der Waals surface area contributed by atoms with Gasteiger partial charge in [-0.1, -0.05) is 19.0 Å². The van der Waals surface area contributed by atoms with E-state index >= 15 is 0 Å². The third-order valence-electron chi connectivity index (χ3n) is 3.08. The second-order valence-electron chi connectivity index (χ2n) is 4.65. The first-order chi connectivity index (χ1) is 8.47. The zero-order valence-corrected chi connectivity index (χ0v) is 11.6. The topological polar surface area (TPSA) is 79.7 Å². The molecule has 1 aromatic rings. The number of nitrogens with zero attached hydrogens (tertiary/aromatic N) is 4. The molecule has 0 aliphatic rings. The van der Waals surface area contributed by atoms with E-state index in [2.05, 4.69) is 28.1 Å². The summed E-state index contributed by atoms with van der Waals surface area (Å²) in [6, 6.07) is 2.08. The molecule has 6 heteroatoms. The van der Waals surface area contributed by atoms with Crippen molar-refractivity contribution in [1.82, 2.24) is 14.7 Å². The quantitative estimate of drug-likeness (QED) is 0.342. The van der Waals surface area contributed by atoms with Gasteiger partial charge in [0.2, 0.25) is 0 Å². The maximum Gasteiger partial charge on any atom is 0.143 e. The summed E-state index contributed by atoms with van der Waals surface area (Å²) in [5, 5.41) is 16.0. The normalized spacial score (nSPS) is 14.2. The highest BCUT2D eigenvalue weighted by atomic mass is 16.4. The van der Waals surface area contributed by atoms with Gasteiger partial charge in [0, 0.05) is 26.1 Å². The van der Waals surface area contributed by atoms with Crippen molar-refractivity contribution >= 4 is 5.84 Å². The number of hydrogen-bond donors (Lipinski definition) is 2. The van der Waals surface area contributed by atoms with Gasteiger partial charge in [-0.2, -0.15) is 5.10 Å². The lowest BCUT2D eigenvalue weighted by Gasteiger charge is -2.23.